The molecule has 0 radical (unpaired) electrons. The standard InChI is InChI=1S/C9H11F2NO2S/c1-15(14)8-7-5(12(11)9(8)10)3-2-4-6(7)13/h6,13H,2-4H2,1H3/t6?,15-/m0/s1. The molecule has 15 heavy (non-hydrogen) atoms. The van der Waals surface area contributed by atoms with Crippen LogP contribution in [0.2, 0.25) is 0 Å². The Morgan fingerprint density at radius 3 is 2.87 bits per heavy atom. The summed E-state index contributed by atoms with van der Waals surface area (Å²) in [6.07, 6.45) is 1.81. The second-order valence-corrected chi connectivity index (χ2v) is 4.94. The van der Waals surface area contributed by atoms with Crippen molar-refractivity contribution in [1.82, 2.24) is 4.79 Å². The fraction of sp³-hybridized carbons (Fsp3) is 0.556. The number of aromatic nitrogens is 1. The highest BCUT2D eigenvalue weighted by Crippen LogP contribution is 2.37. The van der Waals surface area contributed by atoms with Crippen molar-refractivity contribution in [1.29, 1.82) is 0 Å². The smallest absolute Gasteiger partial charge is 0.238 e. The van der Waals surface area contributed by atoms with Crippen LogP contribution in [-0.4, -0.2) is 20.4 Å². The lowest BCUT2D eigenvalue weighted by Gasteiger charge is -2.18. The van der Waals surface area contributed by atoms with Crippen LogP contribution in [0.15, 0.2) is 4.90 Å². The Labute approximate surface area is 88.1 Å². The normalized spacial score (nSPS) is 22.5. The molecule has 1 heterocycles. The van der Waals surface area contributed by atoms with Crippen LogP contribution in [0.4, 0.5) is 8.87 Å². The molecule has 3 nitrogen and oxygen atoms in total. The summed E-state index contributed by atoms with van der Waals surface area (Å²) in [6, 6.07) is 0. The number of hydrogen-bond donors (Lipinski definition) is 1. The first-order chi connectivity index (χ1) is 7.04. The molecule has 0 bridgehead atoms. The van der Waals surface area contributed by atoms with Gasteiger partial charge in [-0.25, -0.2) is 0 Å². The zero-order valence-electron chi connectivity index (χ0n) is 8.17. The first-order valence-corrected chi connectivity index (χ1v) is 6.20. The van der Waals surface area contributed by atoms with Gasteiger partial charge in [0.1, 0.15) is 4.90 Å². The molecule has 1 unspecified atom stereocenters. The quantitative estimate of drug-likeness (QED) is 0.800. The Balaban J connectivity index is 2.69. The van der Waals surface area contributed by atoms with E-state index in [2.05, 4.69) is 0 Å². The van der Waals surface area contributed by atoms with E-state index in [1.165, 1.54) is 6.26 Å². The topological polar surface area (TPSA) is 42.2 Å². The minimum atomic E-state index is -1.63. The highest BCUT2D eigenvalue weighted by Gasteiger charge is 2.32. The van der Waals surface area contributed by atoms with E-state index in [9.17, 15) is 18.2 Å². The lowest BCUT2D eigenvalue weighted by molar-refractivity contribution is 0.151. The molecule has 6 heteroatoms. The molecule has 1 aromatic heterocycles. The van der Waals surface area contributed by atoms with E-state index >= 15 is 0 Å². The van der Waals surface area contributed by atoms with E-state index in [-0.39, 0.29) is 20.9 Å². The van der Waals surface area contributed by atoms with Gasteiger partial charge < -0.3 is 5.11 Å². The first kappa shape index (κ1) is 10.8. The summed E-state index contributed by atoms with van der Waals surface area (Å²) in [7, 11) is -1.63. The summed E-state index contributed by atoms with van der Waals surface area (Å²) in [5.41, 5.74) is 0.304. The molecule has 84 valence electrons. The molecule has 0 spiro atoms. The van der Waals surface area contributed by atoms with Gasteiger partial charge >= 0.3 is 0 Å². The van der Waals surface area contributed by atoms with Crippen LogP contribution >= 0.6 is 0 Å². The second-order valence-electron chi connectivity index (χ2n) is 3.62. The van der Waals surface area contributed by atoms with Crippen molar-refractivity contribution in [3.8, 4) is 0 Å². The summed E-state index contributed by atoms with van der Waals surface area (Å²) in [6.45, 7) is 0. The average molecular weight is 235 g/mol. The Morgan fingerprint density at radius 2 is 2.27 bits per heavy atom. The van der Waals surface area contributed by atoms with E-state index in [1.54, 1.807) is 0 Å². The van der Waals surface area contributed by atoms with Crippen molar-refractivity contribution in [3.05, 3.63) is 17.2 Å². The number of hydrogen-bond acceptors (Lipinski definition) is 2. The SMILES string of the molecule is C[S@](=O)c1c2c(n(F)c1F)CCCC2O. The third-order valence-electron chi connectivity index (χ3n) is 2.66. The third-order valence-corrected chi connectivity index (χ3v) is 3.63. The van der Waals surface area contributed by atoms with Crippen molar-refractivity contribution < 1.29 is 18.2 Å². The van der Waals surface area contributed by atoms with Crippen molar-refractivity contribution in [2.24, 2.45) is 0 Å². The van der Waals surface area contributed by atoms with Crippen molar-refractivity contribution >= 4 is 10.8 Å². The van der Waals surface area contributed by atoms with Crippen LogP contribution < -0.4 is 0 Å². The lowest BCUT2D eigenvalue weighted by atomic mass is 9.95. The van der Waals surface area contributed by atoms with Gasteiger partial charge in [0.15, 0.2) is 0 Å². The summed E-state index contributed by atoms with van der Waals surface area (Å²) in [4.78, 5) is -0.284. The summed E-state index contributed by atoms with van der Waals surface area (Å²) in [5.74, 6) is -1.14. The third kappa shape index (κ3) is 1.52. The van der Waals surface area contributed by atoms with Crippen molar-refractivity contribution in [2.45, 2.75) is 30.3 Å². The molecule has 0 fully saturated rings. The highest BCUT2D eigenvalue weighted by molar-refractivity contribution is 7.84. The Kier molecular flexibility index (Phi) is 2.64. The van der Waals surface area contributed by atoms with Crippen molar-refractivity contribution in [2.75, 3.05) is 6.26 Å². The van der Waals surface area contributed by atoms with E-state index < -0.39 is 22.9 Å². The molecule has 0 aliphatic heterocycles. The zero-order valence-corrected chi connectivity index (χ0v) is 8.98. The summed E-state index contributed by atoms with van der Waals surface area (Å²) < 4.78 is 38.0. The van der Waals surface area contributed by atoms with Crippen LogP contribution in [0, 0.1) is 5.95 Å². The average Bonchev–Trinajstić information content (AvgIpc) is 2.43. The molecule has 1 aromatic rings. The van der Waals surface area contributed by atoms with E-state index in [0.717, 1.165) is 0 Å². The number of rotatable bonds is 1. The van der Waals surface area contributed by atoms with Gasteiger partial charge in [0, 0.05) is 11.8 Å². The number of fused-ring (bicyclic) bond motifs is 1. The molecule has 0 amide bonds. The lowest BCUT2D eigenvalue weighted by Crippen LogP contribution is -2.10. The number of halogens is 2. The van der Waals surface area contributed by atoms with E-state index in [1.807, 2.05) is 0 Å². The monoisotopic (exact) mass is 235 g/mol. The molecule has 0 aromatic carbocycles. The Bertz CT molecular complexity index is 430. The van der Waals surface area contributed by atoms with Crippen LogP contribution in [0.25, 0.3) is 0 Å². The molecule has 1 N–H and O–H groups in total. The molecular formula is C9H11F2NO2S. The van der Waals surface area contributed by atoms with Crippen LogP contribution in [-0.2, 0) is 17.2 Å². The number of aliphatic hydroxyl groups is 1. The Morgan fingerprint density at radius 1 is 1.60 bits per heavy atom. The highest BCUT2D eigenvalue weighted by atomic mass is 32.2. The predicted octanol–water partition coefficient (Wildman–Crippen LogP) is 1.47. The molecule has 1 aliphatic carbocycles. The van der Waals surface area contributed by atoms with Crippen LogP contribution in [0.3, 0.4) is 0 Å². The van der Waals surface area contributed by atoms with Crippen LogP contribution in [0.1, 0.15) is 30.2 Å². The second kappa shape index (κ2) is 3.68. The Hall–Kier alpha value is -0.750. The van der Waals surface area contributed by atoms with Gasteiger partial charge in [0.2, 0.25) is 5.95 Å². The van der Waals surface area contributed by atoms with Crippen molar-refractivity contribution in [3.63, 3.8) is 0 Å². The maximum absolute atomic E-state index is 13.4. The predicted molar refractivity (Wildman–Crippen MR) is 51.1 cm³/mol. The summed E-state index contributed by atoms with van der Waals surface area (Å²) in [5, 5.41) is 9.65. The van der Waals surface area contributed by atoms with Gasteiger partial charge in [-0.1, -0.05) is 4.48 Å². The van der Waals surface area contributed by atoms with Gasteiger partial charge in [-0.15, -0.1) is 0 Å². The minimum absolute atomic E-state index is 0.0888. The van der Waals surface area contributed by atoms with Gasteiger partial charge in [-0.2, -0.15) is 9.18 Å². The maximum Gasteiger partial charge on any atom is 0.238 e. The fourth-order valence-electron chi connectivity index (χ4n) is 2.01. The summed E-state index contributed by atoms with van der Waals surface area (Å²) >= 11 is 0. The molecule has 0 saturated carbocycles. The minimum Gasteiger partial charge on any atom is -0.388 e. The largest absolute Gasteiger partial charge is 0.388 e. The van der Waals surface area contributed by atoms with Crippen LogP contribution in [0.5, 0.6) is 0 Å². The number of aliphatic hydroxyl groups excluding tert-OH is 1. The molecule has 1 aliphatic rings. The fourth-order valence-corrected chi connectivity index (χ4v) is 2.89. The van der Waals surface area contributed by atoms with Gasteiger partial charge in [-0.3, -0.25) is 4.21 Å². The first-order valence-electron chi connectivity index (χ1n) is 4.64. The maximum atomic E-state index is 13.4. The molecular weight excluding hydrogens is 224 g/mol. The number of nitrogens with zero attached hydrogens (tertiary/aromatic N) is 1. The van der Waals surface area contributed by atoms with Gasteiger partial charge in [0.05, 0.1) is 22.6 Å². The van der Waals surface area contributed by atoms with E-state index in [4.69, 9.17) is 0 Å². The molecule has 2 atom stereocenters. The van der Waals surface area contributed by atoms with E-state index in [0.29, 0.717) is 19.3 Å². The zero-order chi connectivity index (χ0) is 11.2. The molecule has 2 rings (SSSR count). The van der Waals surface area contributed by atoms with Gasteiger partial charge in [-0.05, 0) is 19.3 Å². The molecule has 0 saturated heterocycles. The van der Waals surface area contributed by atoms with Gasteiger partial charge in [0.25, 0.3) is 0 Å².